The van der Waals surface area contributed by atoms with Crippen molar-refractivity contribution >= 4 is 0 Å². The van der Waals surface area contributed by atoms with Crippen LogP contribution in [0.2, 0.25) is 0 Å². The van der Waals surface area contributed by atoms with Crippen LogP contribution < -0.4 is 0 Å². The molecule has 2 aliphatic heterocycles. The Morgan fingerprint density at radius 3 is 2.11 bits per heavy atom. The van der Waals surface area contributed by atoms with E-state index in [-0.39, 0.29) is 6.29 Å². The van der Waals surface area contributed by atoms with Crippen LogP contribution in [-0.4, -0.2) is 19.5 Å². The SMILES string of the molecule is C1CC2CCOC(C2)O1. The Balaban J connectivity index is 1.96. The molecule has 2 rings (SSSR count). The van der Waals surface area contributed by atoms with Crippen molar-refractivity contribution in [2.24, 2.45) is 5.92 Å². The van der Waals surface area contributed by atoms with Crippen LogP contribution in [0.15, 0.2) is 0 Å². The molecule has 9 heavy (non-hydrogen) atoms. The van der Waals surface area contributed by atoms with Crippen LogP contribution in [0.4, 0.5) is 0 Å². The van der Waals surface area contributed by atoms with E-state index in [1.807, 2.05) is 0 Å². The number of hydrogen-bond acceptors (Lipinski definition) is 2. The maximum absolute atomic E-state index is 5.33. The molecule has 2 aliphatic rings. The maximum Gasteiger partial charge on any atom is 0.157 e. The molecule has 2 fully saturated rings. The van der Waals surface area contributed by atoms with Crippen LogP contribution in [0, 0.1) is 5.92 Å². The molecule has 52 valence electrons. The summed E-state index contributed by atoms with van der Waals surface area (Å²) in [6.45, 7) is 1.82. The van der Waals surface area contributed by atoms with Crippen molar-refractivity contribution in [1.82, 2.24) is 0 Å². The molecule has 0 radical (unpaired) electrons. The molecule has 0 aliphatic carbocycles. The van der Waals surface area contributed by atoms with E-state index in [1.165, 1.54) is 12.8 Å². The van der Waals surface area contributed by atoms with Gasteiger partial charge in [-0.05, 0) is 18.8 Å². The standard InChI is InChI=1S/C7H12O2/c1-3-8-7-5-6(1)2-4-9-7/h6-7H,1-5H2. The van der Waals surface area contributed by atoms with E-state index < -0.39 is 0 Å². The first-order valence-corrected chi connectivity index (χ1v) is 3.68. The molecule has 0 spiro atoms. The smallest absolute Gasteiger partial charge is 0.157 e. The molecule has 2 bridgehead atoms. The Morgan fingerprint density at radius 1 is 1.00 bits per heavy atom. The van der Waals surface area contributed by atoms with Crippen molar-refractivity contribution in [2.75, 3.05) is 13.2 Å². The lowest BCUT2D eigenvalue weighted by Crippen LogP contribution is -2.33. The molecule has 0 atom stereocenters. The van der Waals surface area contributed by atoms with Crippen molar-refractivity contribution < 1.29 is 9.47 Å². The van der Waals surface area contributed by atoms with E-state index >= 15 is 0 Å². The maximum atomic E-state index is 5.33. The molecule has 2 saturated heterocycles. The van der Waals surface area contributed by atoms with Gasteiger partial charge in [0.2, 0.25) is 0 Å². The van der Waals surface area contributed by atoms with Crippen LogP contribution in [0.3, 0.4) is 0 Å². The molecule has 2 heterocycles. The fraction of sp³-hybridized carbons (Fsp3) is 1.00. The third-order valence-corrected chi connectivity index (χ3v) is 2.19. The fourth-order valence-electron chi connectivity index (χ4n) is 1.57. The summed E-state index contributed by atoms with van der Waals surface area (Å²) in [6, 6.07) is 0. The molecule has 2 nitrogen and oxygen atoms in total. The van der Waals surface area contributed by atoms with Gasteiger partial charge in [0.15, 0.2) is 6.29 Å². The average Bonchev–Trinajstić information content (AvgIpc) is 1.88. The van der Waals surface area contributed by atoms with Gasteiger partial charge in [-0.1, -0.05) is 0 Å². The first-order valence-electron chi connectivity index (χ1n) is 3.68. The zero-order valence-corrected chi connectivity index (χ0v) is 5.51. The minimum absolute atomic E-state index is 0.150. The predicted molar refractivity (Wildman–Crippen MR) is 33.0 cm³/mol. The zero-order chi connectivity index (χ0) is 6.10. The summed E-state index contributed by atoms with van der Waals surface area (Å²) in [5.41, 5.74) is 0. The van der Waals surface area contributed by atoms with Crippen molar-refractivity contribution in [2.45, 2.75) is 25.6 Å². The van der Waals surface area contributed by atoms with E-state index in [0.717, 1.165) is 25.6 Å². The number of hydrogen-bond donors (Lipinski definition) is 0. The summed E-state index contributed by atoms with van der Waals surface area (Å²) in [6.07, 6.45) is 3.79. The third kappa shape index (κ3) is 1.10. The Bertz CT molecular complexity index is 83.1. The van der Waals surface area contributed by atoms with E-state index in [4.69, 9.17) is 9.47 Å². The molecule has 0 unspecified atom stereocenters. The molecule has 0 aromatic rings. The highest BCUT2D eigenvalue weighted by Crippen LogP contribution is 2.27. The minimum atomic E-state index is 0.150. The fourth-order valence-corrected chi connectivity index (χ4v) is 1.57. The summed E-state index contributed by atoms with van der Waals surface area (Å²) in [5.74, 6) is 0.900. The molecule has 0 aromatic carbocycles. The van der Waals surface area contributed by atoms with Gasteiger partial charge in [0, 0.05) is 19.6 Å². The van der Waals surface area contributed by atoms with E-state index in [1.54, 1.807) is 0 Å². The third-order valence-electron chi connectivity index (χ3n) is 2.19. The Hall–Kier alpha value is -0.0800. The average molecular weight is 128 g/mol. The first kappa shape index (κ1) is 5.69. The summed E-state index contributed by atoms with van der Waals surface area (Å²) < 4.78 is 10.7. The summed E-state index contributed by atoms with van der Waals surface area (Å²) in [4.78, 5) is 0. The van der Waals surface area contributed by atoms with E-state index in [2.05, 4.69) is 0 Å². The molecular weight excluding hydrogens is 116 g/mol. The van der Waals surface area contributed by atoms with E-state index in [9.17, 15) is 0 Å². The Morgan fingerprint density at radius 2 is 1.67 bits per heavy atom. The summed E-state index contributed by atoms with van der Waals surface area (Å²) in [5, 5.41) is 0. The van der Waals surface area contributed by atoms with Crippen LogP contribution >= 0.6 is 0 Å². The Labute approximate surface area is 55.1 Å². The lowest BCUT2D eigenvalue weighted by Gasteiger charge is -2.33. The van der Waals surface area contributed by atoms with Crippen molar-refractivity contribution in [1.29, 1.82) is 0 Å². The van der Waals surface area contributed by atoms with Crippen LogP contribution in [-0.2, 0) is 9.47 Å². The topological polar surface area (TPSA) is 18.5 Å². The van der Waals surface area contributed by atoms with Crippen molar-refractivity contribution in [3.8, 4) is 0 Å². The van der Waals surface area contributed by atoms with Crippen LogP contribution in [0.5, 0.6) is 0 Å². The molecular formula is C7H12O2. The lowest BCUT2D eigenvalue weighted by molar-refractivity contribution is -0.201. The minimum Gasteiger partial charge on any atom is -0.353 e. The van der Waals surface area contributed by atoms with Gasteiger partial charge in [0.05, 0.1) is 0 Å². The zero-order valence-electron chi connectivity index (χ0n) is 5.51. The van der Waals surface area contributed by atoms with E-state index in [0.29, 0.717) is 0 Å². The van der Waals surface area contributed by atoms with Gasteiger partial charge in [-0.25, -0.2) is 0 Å². The van der Waals surface area contributed by atoms with Crippen LogP contribution in [0.25, 0.3) is 0 Å². The predicted octanol–water partition coefficient (Wildman–Crippen LogP) is 1.16. The molecule has 0 N–H and O–H groups in total. The monoisotopic (exact) mass is 128 g/mol. The van der Waals surface area contributed by atoms with Gasteiger partial charge < -0.3 is 9.47 Å². The van der Waals surface area contributed by atoms with Gasteiger partial charge in [0.1, 0.15) is 0 Å². The largest absolute Gasteiger partial charge is 0.353 e. The first-order chi connectivity index (χ1) is 4.45. The highest BCUT2D eigenvalue weighted by Gasteiger charge is 2.26. The van der Waals surface area contributed by atoms with Gasteiger partial charge in [-0.2, -0.15) is 0 Å². The normalized spacial score (nSPS) is 42.7. The number of fused-ring (bicyclic) bond motifs is 2. The second kappa shape index (κ2) is 2.27. The quantitative estimate of drug-likeness (QED) is 0.487. The lowest BCUT2D eigenvalue weighted by atomic mass is 9.94. The summed E-state index contributed by atoms with van der Waals surface area (Å²) >= 11 is 0. The molecule has 0 aromatic heterocycles. The van der Waals surface area contributed by atoms with Gasteiger partial charge in [-0.3, -0.25) is 0 Å². The number of rotatable bonds is 0. The second-order valence-electron chi connectivity index (χ2n) is 2.85. The number of ether oxygens (including phenoxy) is 2. The van der Waals surface area contributed by atoms with Crippen LogP contribution in [0.1, 0.15) is 19.3 Å². The molecule has 0 saturated carbocycles. The van der Waals surface area contributed by atoms with Crippen molar-refractivity contribution in [3.05, 3.63) is 0 Å². The summed E-state index contributed by atoms with van der Waals surface area (Å²) in [7, 11) is 0. The second-order valence-corrected chi connectivity index (χ2v) is 2.85. The Kier molecular flexibility index (Phi) is 1.44. The molecule has 0 amide bonds. The highest BCUT2D eigenvalue weighted by atomic mass is 16.7. The van der Waals surface area contributed by atoms with Gasteiger partial charge >= 0.3 is 0 Å². The van der Waals surface area contributed by atoms with Gasteiger partial charge in [0.25, 0.3) is 0 Å². The van der Waals surface area contributed by atoms with Gasteiger partial charge in [-0.15, -0.1) is 0 Å². The van der Waals surface area contributed by atoms with Crippen molar-refractivity contribution in [3.63, 3.8) is 0 Å². The molecule has 2 heteroatoms. The highest BCUT2D eigenvalue weighted by molar-refractivity contribution is 4.70.